The van der Waals surface area contributed by atoms with E-state index < -0.39 is 0 Å². The SMILES string of the molecule is CN1CCC(Nc2ccc(Br)cc2C#N)C1. The minimum Gasteiger partial charge on any atom is -0.380 e. The van der Waals surface area contributed by atoms with Crippen LogP contribution in [0.3, 0.4) is 0 Å². The van der Waals surface area contributed by atoms with E-state index in [4.69, 9.17) is 5.26 Å². The third kappa shape index (κ3) is 2.55. The molecule has 1 atom stereocenters. The Morgan fingerprint density at radius 2 is 2.38 bits per heavy atom. The van der Waals surface area contributed by atoms with Crippen molar-refractivity contribution in [2.24, 2.45) is 0 Å². The standard InChI is InChI=1S/C12H14BrN3/c1-16-5-4-11(8-16)15-12-3-2-10(13)6-9(12)7-14/h2-3,6,11,15H,4-5,8H2,1H3. The molecule has 1 aliphatic heterocycles. The summed E-state index contributed by atoms with van der Waals surface area (Å²) >= 11 is 3.37. The lowest BCUT2D eigenvalue weighted by Gasteiger charge is -2.15. The van der Waals surface area contributed by atoms with Crippen molar-refractivity contribution in [3.63, 3.8) is 0 Å². The van der Waals surface area contributed by atoms with Crippen LogP contribution in [0.5, 0.6) is 0 Å². The number of nitrogens with zero attached hydrogens (tertiary/aromatic N) is 2. The molecule has 4 heteroatoms. The maximum atomic E-state index is 9.05. The van der Waals surface area contributed by atoms with Crippen molar-refractivity contribution in [3.05, 3.63) is 28.2 Å². The highest BCUT2D eigenvalue weighted by atomic mass is 79.9. The van der Waals surface area contributed by atoms with Gasteiger partial charge in [-0.15, -0.1) is 0 Å². The molecule has 2 rings (SSSR count). The van der Waals surface area contributed by atoms with Crippen molar-refractivity contribution in [1.29, 1.82) is 5.26 Å². The van der Waals surface area contributed by atoms with Gasteiger partial charge >= 0.3 is 0 Å². The van der Waals surface area contributed by atoms with Crippen LogP contribution in [-0.2, 0) is 0 Å². The molecule has 1 unspecified atom stereocenters. The number of hydrogen-bond donors (Lipinski definition) is 1. The number of likely N-dealkylation sites (N-methyl/N-ethyl adjacent to an activating group) is 1. The number of hydrogen-bond acceptors (Lipinski definition) is 3. The van der Waals surface area contributed by atoms with E-state index in [0.29, 0.717) is 11.6 Å². The lowest BCUT2D eigenvalue weighted by molar-refractivity contribution is 0.414. The van der Waals surface area contributed by atoms with Gasteiger partial charge in [-0.1, -0.05) is 15.9 Å². The summed E-state index contributed by atoms with van der Waals surface area (Å²) in [5.74, 6) is 0. The molecule has 0 aliphatic carbocycles. The summed E-state index contributed by atoms with van der Waals surface area (Å²) < 4.78 is 0.943. The van der Waals surface area contributed by atoms with E-state index in [2.05, 4.69) is 39.3 Å². The van der Waals surface area contributed by atoms with Crippen LogP contribution >= 0.6 is 15.9 Å². The zero-order valence-electron chi connectivity index (χ0n) is 9.20. The highest BCUT2D eigenvalue weighted by Gasteiger charge is 2.19. The molecule has 1 aromatic rings. The second kappa shape index (κ2) is 4.86. The van der Waals surface area contributed by atoms with Crippen LogP contribution in [0.25, 0.3) is 0 Å². The first-order valence-electron chi connectivity index (χ1n) is 5.34. The van der Waals surface area contributed by atoms with Crippen molar-refractivity contribution in [1.82, 2.24) is 4.90 Å². The Labute approximate surface area is 104 Å². The predicted molar refractivity (Wildman–Crippen MR) is 68.4 cm³/mol. The Kier molecular flexibility index (Phi) is 3.47. The molecule has 1 aliphatic rings. The van der Waals surface area contributed by atoms with Crippen molar-refractivity contribution in [2.45, 2.75) is 12.5 Å². The lowest BCUT2D eigenvalue weighted by Crippen LogP contribution is -2.23. The number of nitriles is 1. The maximum Gasteiger partial charge on any atom is 0.101 e. The van der Waals surface area contributed by atoms with Gasteiger partial charge in [0.1, 0.15) is 6.07 Å². The second-order valence-corrected chi connectivity index (χ2v) is 5.11. The molecule has 16 heavy (non-hydrogen) atoms. The maximum absolute atomic E-state index is 9.05. The fourth-order valence-corrected chi connectivity index (χ4v) is 2.37. The first-order valence-corrected chi connectivity index (χ1v) is 6.13. The molecular formula is C12H14BrN3. The number of likely N-dealkylation sites (tertiary alicyclic amines) is 1. The third-order valence-electron chi connectivity index (χ3n) is 2.85. The molecule has 0 bridgehead atoms. The number of anilines is 1. The average Bonchev–Trinajstić information content (AvgIpc) is 2.67. The molecule has 1 N–H and O–H groups in total. The first kappa shape index (κ1) is 11.4. The van der Waals surface area contributed by atoms with Gasteiger partial charge in [0.25, 0.3) is 0 Å². The van der Waals surface area contributed by atoms with Gasteiger partial charge in [-0.05, 0) is 38.2 Å². The first-order chi connectivity index (χ1) is 7.69. The van der Waals surface area contributed by atoms with Gasteiger partial charge < -0.3 is 10.2 Å². The van der Waals surface area contributed by atoms with Crippen molar-refractivity contribution in [2.75, 3.05) is 25.5 Å². The molecule has 1 heterocycles. The molecule has 84 valence electrons. The van der Waals surface area contributed by atoms with Gasteiger partial charge in [0.15, 0.2) is 0 Å². The highest BCUT2D eigenvalue weighted by Crippen LogP contribution is 2.22. The second-order valence-electron chi connectivity index (χ2n) is 4.19. The Bertz CT molecular complexity index is 425. The van der Waals surface area contributed by atoms with E-state index in [1.54, 1.807) is 0 Å². The number of rotatable bonds is 2. The number of benzene rings is 1. The summed E-state index contributed by atoms with van der Waals surface area (Å²) in [6, 6.07) is 8.44. The van der Waals surface area contributed by atoms with Crippen LogP contribution < -0.4 is 5.32 Å². The molecule has 3 nitrogen and oxygen atoms in total. The summed E-state index contributed by atoms with van der Waals surface area (Å²) in [5.41, 5.74) is 1.63. The van der Waals surface area contributed by atoms with Crippen LogP contribution in [-0.4, -0.2) is 31.1 Å². The van der Waals surface area contributed by atoms with Crippen molar-refractivity contribution in [3.8, 4) is 6.07 Å². The largest absolute Gasteiger partial charge is 0.380 e. The summed E-state index contributed by atoms with van der Waals surface area (Å²) in [6.07, 6.45) is 1.14. The smallest absolute Gasteiger partial charge is 0.101 e. The fraction of sp³-hybridized carbons (Fsp3) is 0.417. The number of halogens is 1. The fourth-order valence-electron chi connectivity index (χ4n) is 2.01. The molecular weight excluding hydrogens is 266 g/mol. The normalized spacial score (nSPS) is 20.7. The molecule has 0 aromatic heterocycles. The molecule has 0 spiro atoms. The molecule has 0 saturated carbocycles. The summed E-state index contributed by atoms with van der Waals surface area (Å²) in [5, 5.41) is 12.5. The molecule has 1 saturated heterocycles. The molecule has 0 amide bonds. The van der Waals surface area contributed by atoms with Gasteiger partial charge in [-0.3, -0.25) is 0 Å². The van der Waals surface area contributed by atoms with Crippen LogP contribution in [0.4, 0.5) is 5.69 Å². The van der Waals surface area contributed by atoms with Crippen LogP contribution in [0.2, 0.25) is 0 Å². The molecule has 1 aromatic carbocycles. The van der Waals surface area contributed by atoms with Crippen LogP contribution in [0.15, 0.2) is 22.7 Å². The van der Waals surface area contributed by atoms with E-state index in [-0.39, 0.29) is 0 Å². The average molecular weight is 280 g/mol. The lowest BCUT2D eigenvalue weighted by atomic mass is 10.1. The van der Waals surface area contributed by atoms with E-state index in [0.717, 1.165) is 29.7 Å². The van der Waals surface area contributed by atoms with Crippen molar-refractivity contribution >= 4 is 21.6 Å². The zero-order valence-corrected chi connectivity index (χ0v) is 10.8. The minimum absolute atomic E-state index is 0.457. The van der Waals surface area contributed by atoms with E-state index in [1.807, 2.05) is 18.2 Å². The van der Waals surface area contributed by atoms with E-state index >= 15 is 0 Å². The van der Waals surface area contributed by atoms with E-state index in [1.165, 1.54) is 0 Å². The summed E-state index contributed by atoms with van der Waals surface area (Å²) in [4.78, 5) is 2.29. The monoisotopic (exact) mass is 279 g/mol. The summed E-state index contributed by atoms with van der Waals surface area (Å²) in [6.45, 7) is 2.16. The van der Waals surface area contributed by atoms with Crippen LogP contribution in [0, 0.1) is 11.3 Å². The zero-order chi connectivity index (χ0) is 11.5. The van der Waals surface area contributed by atoms with Gasteiger partial charge in [-0.25, -0.2) is 0 Å². The third-order valence-corrected chi connectivity index (χ3v) is 3.35. The molecule has 1 fully saturated rings. The highest BCUT2D eigenvalue weighted by molar-refractivity contribution is 9.10. The van der Waals surface area contributed by atoms with Gasteiger partial charge in [0, 0.05) is 17.1 Å². The summed E-state index contributed by atoms with van der Waals surface area (Å²) in [7, 11) is 2.12. The molecule has 0 radical (unpaired) electrons. The van der Waals surface area contributed by atoms with E-state index in [9.17, 15) is 0 Å². The van der Waals surface area contributed by atoms with Gasteiger partial charge in [-0.2, -0.15) is 5.26 Å². The minimum atomic E-state index is 0.457. The Morgan fingerprint density at radius 1 is 1.56 bits per heavy atom. The topological polar surface area (TPSA) is 39.1 Å². The van der Waals surface area contributed by atoms with Gasteiger partial charge in [0.05, 0.1) is 11.3 Å². The Balaban J connectivity index is 2.12. The Hall–Kier alpha value is -1.05. The van der Waals surface area contributed by atoms with Crippen molar-refractivity contribution < 1.29 is 0 Å². The quantitative estimate of drug-likeness (QED) is 0.904. The number of nitrogens with one attached hydrogen (secondary N) is 1. The predicted octanol–water partition coefficient (Wildman–Crippen LogP) is 2.44. The van der Waals surface area contributed by atoms with Gasteiger partial charge in [0.2, 0.25) is 0 Å². The van der Waals surface area contributed by atoms with Crippen LogP contribution in [0.1, 0.15) is 12.0 Å². The Morgan fingerprint density at radius 3 is 3.00 bits per heavy atom.